The van der Waals surface area contributed by atoms with Gasteiger partial charge in [-0.15, -0.1) is 0 Å². The van der Waals surface area contributed by atoms with Crippen LogP contribution in [0.1, 0.15) is 12.0 Å². The quantitative estimate of drug-likeness (QED) is 0.917. The molecule has 0 aromatic heterocycles. The fourth-order valence-electron chi connectivity index (χ4n) is 2.12. The minimum atomic E-state index is -0.648. The molecule has 1 heterocycles. The van der Waals surface area contributed by atoms with Gasteiger partial charge in [-0.1, -0.05) is 58.7 Å². The first-order valence-corrected chi connectivity index (χ1v) is 7.43. The topological polar surface area (TPSA) is 50.7 Å². The van der Waals surface area contributed by atoms with Crippen LogP contribution in [0.5, 0.6) is 0 Å². The highest BCUT2D eigenvalue weighted by Gasteiger charge is 2.28. The number of hydrogen-bond acceptors (Lipinski definition) is 3. The lowest BCUT2D eigenvalue weighted by Crippen LogP contribution is -2.28. The molecule has 2 aromatic carbocycles. The lowest BCUT2D eigenvalue weighted by molar-refractivity contribution is -0.125. The van der Waals surface area contributed by atoms with E-state index in [0.717, 1.165) is 11.3 Å². The number of carbonyl (C=O) groups is 1. The molecule has 6 heteroatoms. The Bertz CT molecular complexity index is 732. The summed E-state index contributed by atoms with van der Waals surface area (Å²) in [5.74, 6) is -0.270. The number of oxime groups is 1. The van der Waals surface area contributed by atoms with Gasteiger partial charge in [-0.2, -0.15) is 0 Å². The van der Waals surface area contributed by atoms with Gasteiger partial charge in [0.25, 0.3) is 5.91 Å². The molecular formula is C16H12Cl2N2O2. The van der Waals surface area contributed by atoms with Crippen molar-refractivity contribution in [2.24, 2.45) is 5.16 Å². The second kappa shape index (κ2) is 6.38. The van der Waals surface area contributed by atoms with Crippen LogP contribution in [0, 0.1) is 0 Å². The first kappa shape index (κ1) is 14.9. The monoisotopic (exact) mass is 334 g/mol. The van der Waals surface area contributed by atoms with Gasteiger partial charge in [0.1, 0.15) is 0 Å². The number of carbonyl (C=O) groups excluding carboxylic acids is 1. The largest absolute Gasteiger partial charge is 0.382 e. The molecule has 0 saturated carbocycles. The Kier molecular flexibility index (Phi) is 4.32. The van der Waals surface area contributed by atoms with Gasteiger partial charge in [-0.3, -0.25) is 4.79 Å². The average molecular weight is 335 g/mol. The SMILES string of the molecule is O=C(Nc1ccc(Cl)c(Cl)c1)C1CC(c2ccccc2)=NO1. The van der Waals surface area contributed by atoms with Crippen LogP contribution < -0.4 is 5.32 Å². The molecule has 1 unspecified atom stereocenters. The maximum Gasteiger partial charge on any atom is 0.268 e. The number of rotatable bonds is 3. The van der Waals surface area contributed by atoms with Gasteiger partial charge in [0.15, 0.2) is 0 Å². The third-order valence-electron chi connectivity index (χ3n) is 3.26. The zero-order valence-electron chi connectivity index (χ0n) is 11.4. The van der Waals surface area contributed by atoms with E-state index in [1.807, 2.05) is 30.3 Å². The first-order chi connectivity index (χ1) is 10.6. The number of benzene rings is 2. The highest BCUT2D eigenvalue weighted by Crippen LogP contribution is 2.25. The molecule has 0 fully saturated rings. The van der Waals surface area contributed by atoms with Crippen molar-refractivity contribution in [2.75, 3.05) is 5.32 Å². The molecule has 1 atom stereocenters. The van der Waals surface area contributed by atoms with Crippen LogP contribution >= 0.6 is 23.2 Å². The molecule has 3 rings (SSSR count). The molecule has 1 aliphatic heterocycles. The second-order valence-corrected chi connectivity index (χ2v) is 5.63. The van der Waals surface area contributed by atoms with Crippen molar-refractivity contribution < 1.29 is 9.63 Å². The van der Waals surface area contributed by atoms with Gasteiger partial charge in [0.05, 0.1) is 15.8 Å². The maximum atomic E-state index is 12.2. The summed E-state index contributed by atoms with van der Waals surface area (Å²) in [5.41, 5.74) is 2.28. The van der Waals surface area contributed by atoms with E-state index in [9.17, 15) is 4.79 Å². The van der Waals surface area contributed by atoms with E-state index in [1.54, 1.807) is 18.2 Å². The van der Waals surface area contributed by atoms with Crippen molar-refractivity contribution in [3.8, 4) is 0 Å². The van der Waals surface area contributed by atoms with Crippen LogP contribution in [0.15, 0.2) is 53.7 Å². The van der Waals surface area contributed by atoms with E-state index in [1.165, 1.54) is 0 Å². The molecule has 2 aromatic rings. The van der Waals surface area contributed by atoms with Crippen molar-refractivity contribution in [2.45, 2.75) is 12.5 Å². The summed E-state index contributed by atoms with van der Waals surface area (Å²) in [5, 5.41) is 7.55. The van der Waals surface area contributed by atoms with Crippen LogP contribution in [-0.4, -0.2) is 17.7 Å². The van der Waals surface area contributed by atoms with Crippen molar-refractivity contribution in [1.82, 2.24) is 0 Å². The lowest BCUT2D eigenvalue weighted by atomic mass is 10.0. The Morgan fingerprint density at radius 3 is 2.64 bits per heavy atom. The highest BCUT2D eigenvalue weighted by molar-refractivity contribution is 6.42. The Morgan fingerprint density at radius 2 is 1.91 bits per heavy atom. The summed E-state index contributed by atoms with van der Waals surface area (Å²) < 4.78 is 0. The van der Waals surface area contributed by atoms with E-state index in [2.05, 4.69) is 10.5 Å². The fraction of sp³-hybridized carbons (Fsp3) is 0.125. The van der Waals surface area contributed by atoms with Crippen LogP contribution in [0.25, 0.3) is 0 Å². The standard InChI is InChI=1S/C16H12Cl2N2O2/c17-12-7-6-11(8-13(12)18)19-16(21)15-9-14(20-22-15)10-4-2-1-3-5-10/h1-8,15H,9H2,(H,19,21). The third kappa shape index (κ3) is 3.24. The van der Waals surface area contributed by atoms with Crippen molar-refractivity contribution in [1.29, 1.82) is 0 Å². The predicted octanol–water partition coefficient (Wildman–Crippen LogP) is 4.13. The predicted molar refractivity (Wildman–Crippen MR) is 87.6 cm³/mol. The summed E-state index contributed by atoms with van der Waals surface area (Å²) >= 11 is 11.8. The summed E-state index contributed by atoms with van der Waals surface area (Å²) in [6.07, 6.45) is -0.221. The Hall–Kier alpha value is -2.04. The minimum Gasteiger partial charge on any atom is -0.382 e. The fourth-order valence-corrected chi connectivity index (χ4v) is 2.41. The second-order valence-electron chi connectivity index (χ2n) is 4.82. The third-order valence-corrected chi connectivity index (χ3v) is 3.99. The van der Waals surface area contributed by atoms with Gasteiger partial charge in [0.2, 0.25) is 6.10 Å². The molecular weight excluding hydrogens is 323 g/mol. The highest BCUT2D eigenvalue weighted by atomic mass is 35.5. The first-order valence-electron chi connectivity index (χ1n) is 6.67. The Balaban J connectivity index is 1.64. The number of anilines is 1. The number of amides is 1. The number of nitrogens with zero attached hydrogens (tertiary/aromatic N) is 1. The van der Waals surface area contributed by atoms with Crippen LogP contribution in [0.2, 0.25) is 10.0 Å². The lowest BCUT2D eigenvalue weighted by Gasteiger charge is -2.10. The normalized spacial score (nSPS) is 16.8. The van der Waals surface area contributed by atoms with E-state index in [-0.39, 0.29) is 5.91 Å². The summed E-state index contributed by atoms with van der Waals surface area (Å²) in [6.45, 7) is 0. The molecule has 0 spiro atoms. The average Bonchev–Trinajstić information content (AvgIpc) is 3.02. The van der Waals surface area contributed by atoms with Gasteiger partial charge >= 0.3 is 0 Å². The van der Waals surface area contributed by atoms with E-state index < -0.39 is 6.10 Å². The van der Waals surface area contributed by atoms with E-state index in [4.69, 9.17) is 28.0 Å². The molecule has 1 amide bonds. The molecule has 22 heavy (non-hydrogen) atoms. The summed E-state index contributed by atoms with van der Waals surface area (Å²) in [6, 6.07) is 14.5. The van der Waals surface area contributed by atoms with Crippen LogP contribution in [0.4, 0.5) is 5.69 Å². The minimum absolute atomic E-state index is 0.270. The van der Waals surface area contributed by atoms with E-state index >= 15 is 0 Å². The summed E-state index contributed by atoms with van der Waals surface area (Å²) in [7, 11) is 0. The molecule has 0 saturated heterocycles. The van der Waals surface area contributed by atoms with E-state index in [0.29, 0.717) is 22.2 Å². The number of nitrogens with one attached hydrogen (secondary N) is 1. The Labute approximate surface area is 137 Å². The van der Waals surface area contributed by atoms with Gasteiger partial charge in [0, 0.05) is 12.1 Å². The molecule has 0 aliphatic carbocycles. The maximum absolute atomic E-state index is 12.2. The molecule has 0 bridgehead atoms. The zero-order valence-corrected chi connectivity index (χ0v) is 12.9. The molecule has 1 N–H and O–H groups in total. The van der Waals surface area contributed by atoms with Gasteiger partial charge in [-0.05, 0) is 23.8 Å². The molecule has 112 valence electrons. The Morgan fingerprint density at radius 1 is 1.14 bits per heavy atom. The molecule has 1 aliphatic rings. The van der Waals surface area contributed by atoms with Crippen LogP contribution in [-0.2, 0) is 9.63 Å². The number of halogens is 2. The van der Waals surface area contributed by atoms with Crippen LogP contribution in [0.3, 0.4) is 0 Å². The molecule has 0 radical (unpaired) electrons. The van der Waals surface area contributed by atoms with Gasteiger partial charge in [-0.25, -0.2) is 0 Å². The summed E-state index contributed by atoms with van der Waals surface area (Å²) in [4.78, 5) is 17.4. The zero-order chi connectivity index (χ0) is 15.5. The molecule has 4 nitrogen and oxygen atoms in total. The van der Waals surface area contributed by atoms with Crippen molar-refractivity contribution in [3.63, 3.8) is 0 Å². The van der Waals surface area contributed by atoms with Gasteiger partial charge < -0.3 is 10.2 Å². The van der Waals surface area contributed by atoms with Crippen molar-refractivity contribution in [3.05, 3.63) is 64.1 Å². The van der Waals surface area contributed by atoms with Crippen molar-refractivity contribution >= 4 is 40.5 Å². The smallest absolute Gasteiger partial charge is 0.268 e. The number of hydrogen-bond donors (Lipinski definition) is 1.